The van der Waals surface area contributed by atoms with E-state index in [1.54, 1.807) is 48.5 Å². The number of nitrogens with one attached hydrogen (secondary N) is 2. The van der Waals surface area contributed by atoms with Gasteiger partial charge >= 0.3 is 12.0 Å². The first kappa shape index (κ1) is 22.5. The van der Waals surface area contributed by atoms with E-state index in [4.69, 9.17) is 14.6 Å². The molecular weight excluding hydrogens is 388 g/mol. The highest BCUT2D eigenvalue weighted by molar-refractivity contribution is 6.07. The highest BCUT2D eigenvalue weighted by Gasteiger charge is 2.08. The Balaban J connectivity index is 2.03. The predicted molar refractivity (Wildman–Crippen MR) is 113 cm³/mol. The van der Waals surface area contributed by atoms with Crippen LogP contribution in [0.15, 0.2) is 48.5 Å². The SMILES string of the molecule is COc1cc(/C=C/C(=O)c2ccc(NC(=O)NC(C)C)cc2)ccc1OCC(=O)O. The van der Waals surface area contributed by atoms with E-state index >= 15 is 0 Å². The third-order valence-corrected chi connectivity index (χ3v) is 3.81. The number of carbonyl (C=O) groups is 3. The quantitative estimate of drug-likeness (QED) is 0.428. The molecule has 8 nitrogen and oxygen atoms in total. The van der Waals surface area contributed by atoms with Gasteiger partial charge in [0.15, 0.2) is 23.9 Å². The molecule has 30 heavy (non-hydrogen) atoms. The molecule has 0 saturated carbocycles. The van der Waals surface area contributed by atoms with Gasteiger partial charge in [0, 0.05) is 17.3 Å². The number of carboxylic acid groups (broad SMARTS) is 1. The van der Waals surface area contributed by atoms with E-state index in [-0.39, 0.29) is 17.9 Å². The van der Waals surface area contributed by atoms with E-state index in [9.17, 15) is 14.4 Å². The van der Waals surface area contributed by atoms with Crippen molar-refractivity contribution in [3.05, 3.63) is 59.7 Å². The number of carbonyl (C=O) groups excluding carboxylic acids is 2. The van der Waals surface area contributed by atoms with Gasteiger partial charge < -0.3 is 25.2 Å². The van der Waals surface area contributed by atoms with Crippen molar-refractivity contribution in [3.63, 3.8) is 0 Å². The molecule has 0 spiro atoms. The van der Waals surface area contributed by atoms with Crippen LogP contribution in [0.3, 0.4) is 0 Å². The smallest absolute Gasteiger partial charge is 0.341 e. The van der Waals surface area contributed by atoms with Crippen LogP contribution in [0.1, 0.15) is 29.8 Å². The molecule has 0 saturated heterocycles. The number of anilines is 1. The summed E-state index contributed by atoms with van der Waals surface area (Å²) in [6.07, 6.45) is 3.04. The predicted octanol–water partition coefficient (Wildman–Crippen LogP) is 3.58. The van der Waals surface area contributed by atoms with Crippen LogP contribution in [0.25, 0.3) is 6.08 Å². The molecule has 0 aliphatic carbocycles. The molecule has 8 heteroatoms. The molecule has 2 aromatic carbocycles. The number of aliphatic carboxylic acids is 1. The number of allylic oxidation sites excluding steroid dienone is 1. The Morgan fingerprint density at radius 2 is 1.77 bits per heavy atom. The van der Waals surface area contributed by atoms with E-state index in [1.165, 1.54) is 13.2 Å². The lowest BCUT2D eigenvalue weighted by atomic mass is 10.1. The normalized spacial score (nSPS) is 10.7. The molecule has 0 aromatic heterocycles. The second-order valence-corrected chi connectivity index (χ2v) is 6.62. The number of methoxy groups -OCH3 is 1. The van der Waals surface area contributed by atoms with Gasteiger partial charge in [-0.3, -0.25) is 4.79 Å². The summed E-state index contributed by atoms with van der Waals surface area (Å²) in [5.41, 5.74) is 1.73. The van der Waals surface area contributed by atoms with Crippen LogP contribution < -0.4 is 20.1 Å². The Morgan fingerprint density at radius 1 is 1.07 bits per heavy atom. The van der Waals surface area contributed by atoms with Gasteiger partial charge in [0.1, 0.15) is 0 Å². The molecule has 0 fully saturated rings. The van der Waals surface area contributed by atoms with Gasteiger partial charge in [0.2, 0.25) is 0 Å². The number of hydrogen-bond acceptors (Lipinski definition) is 5. The average Bonchev–Trinajstić information content (AvgIpc) is 2.70. The van der Waals surface area contributed by atoms with Crippen molar-refractivity contribution in [2.45, 2.75) is 19.9 Å². The highest BCUT2D eigenvalue weighted by Crippen LogP contribution is 2.28. The van der Waals surface area contributed by atoms with Gasteiger partial charge in [-0.1, -0.05) is 12.1 Å². The second kappa shape index (κ2) is 10.7. The molecule has 2 rings (SSSR count). The fourth-order valence-corrected chi connectivity index (χ4v) is 2.46. The number of carboxylic acids is 1. The summed E-state index contributed by atoms with van der Waals surface area (Å²) in [7, 11) is 1.44. The molecule has 0 heterocycles. The maximum atomic E-state index is 12.4. The monoisotopic (exact) mass is 412 g/mol. The topological polar surface area (TPSA) is 114 Å². The minimum Gasteiger partial charge on any atom is -0.493 e. The summed E-state index contributed by atoms with van der Waals surface area (Å²) in [6, 6.07) is 11.2. The summed E-state index contributed by atoms with van der Waals surface area (Å²) < 4.78 is 10.4. The number of amides is 2. The van der Waals surface area contributed by atoms with Crippen molar-refractivity contribution >= 4 is 29.5 Å². The van der Waals surface area contributed by atoms with Gasteiger partial charge in [-0.25, -0.2) is 9.59 Å². The summed E-state index contributed by atoms with van der Waals surface area (Å²) in [5, 5.41) is 14.1. The van der Waals surface area contributed by atoms with E-state index in [1.807, 2.05) is 13.8 Å². The number of ether oxygens (including phenoxy) is 2. The number of benzene rings is 2. The summed E-state index contributed by atoms with van der Waals surface area (Å²) in [5.74, 6) is -0.638. The second-order valence-electron chi connectivity index (χ2n) is 6.62. The van der Waals surface area contributed by atoms with E-state index in [0.29, 0.717) is 28.3 Å². The number of urea groups is 1. The van der Waals surface area contributed by atoms with Crippen LogP contribution >= 0.6 is 0 Å². The Hall–Kier alpha value is -3.81. The Kier molecular flexibility index (Phi) is 7.99. The Labute approximate surface area is 174 Å². The first-order chi connectivity index (χ1) is 14.3. The van der Waals surface area contributed by atoms with E-state index < -0.39 is 12.6 Å². The third-order valence-electron chi connectivity index (χ3n) is 3.81. The minimum absolute atomic E-state index is 0.0208. The lowest BCUT2D eigenvalue weighted by Crippen LogP contribution is -2.34. The zero-order valence-corrected chi connectivity index (χ0v) is 17.0. The fraction of sp³-hybridized carbons (Fsp3) is 0.227. The lowest BCUT2D eigenvalue weighted by Gasteiger charge is -2.10. The largest absolute Gasteiger partial charge is 0.493 e. The maximum absolute atomic E-state index is 12.4. The van der Waals surface area contributed by atoms with Crippen LogP contribution in [-0.2, 0) is 4.79 Å². The molecule has 0 aliphatic heterocycles. The molecule has 158 valence electrons. The molecule has 0 aliphatic rings. The van der Waals surface area contributed by atoms with Gasteiger partial charge in [-0.2, -0.15) is 0 Å². The van der Waals surface area contributed by atoms with Gasteiger partial charge in [0.05, 0.1) is 7.11 Å². The van der Waals surface area contributed by atoms with Crippen molar-refractivity contribution in [1.29, 1.82) is 0 Å². The third kappa shape index (κ3) is 6.97. The van der Waals surface area contributed by atoms with Crippen molar-refractivity contribution in [3.8, 4) is 11.5 Å². The van der Waals surface area contributed by atoms with Crippen LogP contribution in [0.2, 0.25) is 0 Å². The van der Waals surface area contributed by atoms with Crippen LogP contribution in [0.5, 0.6) is 11.5 Å². The summed E-state index contributed by atoms with van der Waals surface area (Å²) in [4.78, 5) is 34.7. The minimum atomic E-state index is -1.09. The van der Waals surface area contributed by atoms with E-state index in [2.05, 4.69) is 10.6 Å². The van der Waals surface area contributed by atoms with Gasteiger partial charge in [-0.15, -0.1) is 0 Å². The molecule has 2 aromatic rings. The number of rotatable bonds is 9. The Bertz CT molecular complexity index is 935. The first-order valence-corrected chi connectivity index (χ1v) is 9.21. The molecular formula is C22H24N2O6. The van der Waals surface area contributed by atoms with Crippen LogP contribution in [0.4, 0.5) is 10.5 Å². The first-order valence-electron chi connectivity index (χ1n) is 9.21. The zero-order chi connectivity index (χ0) is 22.1. The number of ketones is 1. The van der Waals surface area contributed by atoms with E-state index in [0.717, 1.165) is 0 Å². The zero-order valence-electron chi connectivity index (χ0n) is 17.0. The van der Waals surface area contributed by atoms with Crippen molar-refractivity contribution < 1.29 is 29.0 Å². The van der Waals surface area contributed by atoms with Crippen molar-refractivity contribution in [1.82, 2.24) is 5.32 Å². The summed E-state index contributed by atoms with van der Waals surface area (Å²) in [6.45, 7) is 3.24. The maximum Gasteiger partial charge on any atom is 0.341 e. The molecule has 0 unspecified atom stereocenters. The Morgan fingerprint density at radius 3 is 2.37 bits per heavy atom. The lowest BCUT2D eigenvalue weighted by molar-refractivity contribution is -0.139. The fourth-order valence-electron chi connectivity index (χ4n) is 2.46. The van der Waals surface area contributed by atoms with Crippen molar-refractivity contribution in [2.24, 2.45) is 0 Å². The molecule has 0 radical (unpaired) electrons. The molecule has 0 atom stereocenters. The number of hydrogen-bond donors (Lipinski definition) is 3. The summed E-state index contributed by atoms with van der Waals surface area (Å²) >= 11 is 0. The standard InChI is InChI=1S/C22H24N2O6/c1-14(2)23-22(28)24-17-8-6-16(7-9-17)18(25)10-4-15-5-11-19(20(12-15)29-3)30-13-21(26)27/h4-12,14H,13H2,1-3H3,(H,26,27)(H2,23,24,28)/b10-4+. The molecule has 0 bridgehead atoms. The van der Waals surface area contributed by atoms with Crippen LogP contribution in [-0.4, -0.2) is 42.6 Å². The molecule has 3 N–H and O–H groups in total. The molecule has 2 amide bonds. The average molecular weight is 412 g/mol. The highest BCUT2D eigenvalue weighted by atomic mass is 16.5. The van der Waals surface area contributed by atoms with Crippen LogP contribution in [0, 0.1) is 0 Å². The van der Waals surface area contributed by atoms with Crippen molar-refractivity contribution in [2.75, 3.05) is 19.0 Å². The van der Waals surface area contributed by atoms with Gasteiger partial charge in [0.25, 0.3) is 0 Å². The van der Waals surface area contributed by atoms with Gasteiger partial charge in [-0.05, 0) is 61.9 Å².